The number of aromatic nitrogens is 1. The van der Waals surface area contributed by atoms with E-state index in [1.54, 1.807) is 12.3 Å². The van der Waals surface area contributed by atoms with Crippen molar-refractivity contribution in [1.29, 1.82) is 5.26 Å². The Morgan fingerprint density at radius 2 is 2.20 bits per heavy atom. The molecule has 0 unspecified atom stereocenters. The molecule has 1 rings (SSSR count). The highest BCUT2D eigenvalue weighted by atomic mass is 14.9. The maximum atomic E-state index is 8.68. The fraction of sp³-hybridized carbons (Fsp3) is 0.500. The zero-order valence-electron chi connectivity index (χ0n) is 9.54. The molecule has 15 heavy (non-hydrogen) atoms. The Labute approximate surface area is 91.1 Å². The summed E-state index contributed by atoms with van der Waals surface area (Å²) in [6.07, 6.45) is 2.75. The predicted octanol–water partition coefficient (Wildman–Crippen LogP) is 2.80. The molecule has 1 N–H and O–H groups in total. The molecule has 0 saturated heterocycles. The number of hydrogen-bond acceptors (Lipinski definition) is 3. The summed E-state index contributed by atoms with van der Waals surface area (Å²) in [6, 6.07) is 5.67. The van der Waals surface area contributed by atoms with Crippen LogP contribution in [0.5, 0.6) is 0 Å². The molecule has 0 saturated carbocycles. The van der Waals surface area contributed by atoms with Gasteiger partial charge >= 0.3 is 0 Å². The highest BCUT2D eigenvalue weighted by molar-refractivity contribution is 5.45. The number of anilines is 1. The van der Waals surface area contributed by atoms with Gasteiger partial charge in [-0.05, 0) is 24.0 Å². The van der Waals surface area contributed by atoms with Crippen LogP contribution in [0, 0.1) is 16.7 Å². The standard InChI is InChI=1S/C12H17N3/c1-12(2,3)5-7-15-10-4-6-14-11(8-10)9-13/h4,6,8H,5,7H2,1-3H3,(H,14,15). The average Bonchev–Trinajstić information content (AvgIpc) is 2.16. The lowest BCUT2D eigenvalue weighted by molar-refractivity contribution is 0.390. The van der Waals surface area contributed by atoms with Gasteiger partial charge in [-0.15, -0.1) is 0 Å². The van der Waals surface area contributed by atoms with E-state index in [9.17, 15) is 0 Å². The number of rotatable bonds is 3. The SMILES string of the molecule is CC(C)(C)CCNc1ccnc(C#N)c1. The molecule has 0 fully saturated rings. The summed E-state index contributed by atoms with van der Waals surface area (Å²) in [5, 5.41) is 12.0. The van der Waals surface area contributed by atoms with Gasteiger partial charge in [0, 0.05) is 18.4 Å². The Hall–Kier alpha value is -1.56. The molecular weight excluding hydrogens is 186 g/mol. The first-order chi connectivity index (χ1) is 7.01. The van der Waals surface area contributed by atoms with Gasteiger partial charge in [-0.3, -0.25) is 0 Å². The van der Waals surface area contributed by atoms with E-state index < -0.39 is 0 Å². The summed E-state index contributed by atoms with van der Waals surface area (Å²) in [5.41, 5.74) is 1.75. The molecule has 3 heteroatoms. The summed E-state index contributed by atoms with van der Waals surface area (Å²) in [7, 11) is 0. The fourth-order valence-electron chi connectivity index (χ4n) is 1.18. The molecular formula is C12H17N3. The van der Waals surface area contributed by atoms with Crippen molar-refractivity contribution >= 4 is 5.69 Å². The average molecular weight is 203 g/mol. The van der Waals surface area contributed by atoms with Crippen LogP contribution in [0.15, 0.2) is 18.3 Å². The first kappa shape index (κ1) is 11.5. The van der Waals surface area contributed by atoms with Crippen LogP contribution in [0.4, 0.5) is 5.69 Å². The van der Waals surface area contributed by atoms with E-state index in [-0.39, 0.29) is 0 Å². The van der Waals surface area contributed by atoms with Crippen LogP contribution in [0.3, 0.4) is 0 Å². The van der Waals surface area contributed by atoms with Crippen molar-refractivity contribution in [2.75, 3.05) is 11.9 Å². The monoisotopic (exact) mass is 203 g/mol. The van der Waals surface area contributed by atoms with Crippen molar-refractivity contribution in [3.63, 3.8) is 0 Å². The van der Waals surface area contributed by atoms with E-state index in [2.05, 4.69) is 31.1 Å². The molecule has 1 heterocycles. The van der Waals surface area contributed by atoms with Crippen LogP contribution in [-0.4, -0.2) is 11.5 Å². The van der Waals surface area contributed by atoms with E-state index in [0.29, 0.717) is 11.1 Å². The lowest BCUT2D eigenvalue weighted by Gasteiger charge is -2.18. The normalized spacial score (nSPS) is 10.8. The highest BCUT2D eigenvalue weighted by Gasteiger charge is 2.08. The lowest BCUT2D eigenvalue weighted by Crippen LogP contribution is -2.12. The van der Waals surface area contributed by atoms with E-state index >= 15 is 0 Å². The summed E-state index contributed by atoms with van der Waals surface area (Å²) in [5.74, 6) is 0. The molecule has 1 aromatic rings. The molecule has 0 radical (unpaired) electrons. The molecule has 0 aromatic carbocycles. The topological polar surface area (TPSA) is 48.7 Å². The third-order valence-electron chi connectivity index (χ3n) is 2.08. The Balaban J connectivity index is 2.48. The lowest BCUT2D eigenvalue weighted by atomic mass is 9.92. The summed E-state index contributed by atoms with van der Waals surface area (Å²) in [6.45, 7) is 7.55. The molecule has 0 aliphatic heterocycles. The third-order valence-corrected chi connectivity index (χ3v) is 2.08. The first-order valence-electron chi connectivity index (χ1n) is 5.11. The molecule has 80 valence electrons. The van der Waals surface area contributed by atoms with Gasteiger partial charge in [-0.25, -0.2) is 4.98 Å². The van der Waals surface area contributed by atoms with Crippen molar-refractivity contribution in [2.45, 2.75) is 27.2 Å². The fourth-order valence-corrected chi connectivity index (χ4v) is 1.18. The molecule has 0 atom stereocenters. The number of hydrogen-bond donors (Lipinski definition) is 1. The van der Waals surface area contributed by atoms with Gasteiger partial charge in [0.1, 0.15) is 11.8 Å². The maximum Gasteiger partial charge on any atom is 0.142 e. The molecule has 0 aliphatic carbocycles. The van der Waals surface area contributed by atoms with Gasteiger partial charge in [0.05, 0.1) is 0 Å². The van der Waals surface area contributed by atoms with Gasteiger partial charge in [0.25, 0.3) is 0 Å². The van der Waals surface area contributed by atoms with Crippen LogP contribution in [-0.2, 0) is 0 Å². The quantitative estimate of drug-likeness (QED) is 0.821. The number of pyridine rings is 1. The second-order valence-corrected chi connectivity index (χ2v) is 4.78. The largest absolute Gasteiger partial charge is 0.385 e. The van der Waals surface area contributed by atoms with Gasteiger partial charge in [-0.2, -0.15) is 5.26 Å². The zero-order valence-corrected chi connectivity index (χ0v) is 9.54. The van der Waals surface area contributed by atoms with E-state index in [4.69, 9.17) is 5.26 Å². The molecule has 0 spiro atoms. The molecule has 0 amide bonds. The minimum atomic E-state index is 0.331. The van der Waals surface area contributed by atoms with E-state index in [0.717, 1.165) is 18.7 Å². The van der Waals surface area contributed by atoms with Gasteiger partial charge < -0.3 is 5.32 Å². The minimum Gasteiger partial charge on any atom is -0.385 e. The van der Waals surface area contributed by atoms with Crippen LogP contribution < -0.4 is 5.32 Å². The Bertz CT molecular complexity index is 358. The van der Waals surface area contributed by atoms with Crippen LogP contribution in [0.25, 0.3) is 0 Å². The van der Waals surface area contributed by atoms with E-state index in [1.165, 1.54) is 0 Å². The summed E-state index contributed by atoms with van der Waals surface area (Å²) < 4.78 is 0. The number of nitrogens with one attached hydrogen (secondary N) is 1. The van der Waals surface area contributed by atoms with Crippen molar-refractivity contribution in [3.8, 4) is 6.07 Å². The maximum absolute atomic E-state index is 8.68. The molecule has 0 aliphatic rings. The molecule has 1 aromatic heterocycles. The summed E-state index contributed by atoms with van der Waals surface area (Å²) in [4.78, 5) is 3.91. The zero-order chi connectivity index (χ0) is 11.3. The van der Waals surface area contributed by atoms with Crippen molar-refractivity contribution in [1.82, 2.24) is 4.98 Å². The van der Waals surface area contributed by atoms with Crippen molar-refractivity contribution in [3.05, 3.63) is 24.0 Å². The van der Waals surface area contributed by atoms with Crippen LogP contribution >= 0.6 is 0 Å². The van der Waals surface area contributed by atoms with Crippen molar-refractivity contribution < 1.29 is 0 Å². The Morgan fingerprint density at radius 3 is 2.80 bits per heavy atom. The number of nitriles is 1. The van der Waals surface area contributed by atoms with Gasteiger partial charge in [-0.1, -0.05) is 20.8 Å². The summed E-state index contributed by atoms with van der Waals surface area (Å²) >= 11 is 0. The molecule has 0 bridgehead atoms. The second-order valence-electron chi connectivity index (χ2n) is 4.78. The Kier molecular flexibility index (Phi) is 3.68. The van der Waals surface area contributed by atoms with Crippen LogP contribution in [0.1, 0.15) is 32.9 Å². The molecule has 3 nitrogen and oxygen atoms in total. The minimum absolute atomic E-state index is 0.331. The number of nitrogens with zero attached hydrogens (tertiary/aromatic N) is 2. The highest BCUT2D eigenvalue weighted by Crippen LogP contribution is 2.18. The first-order valence-corrected chi connectivity index (χ1v) is 5.11. The Morgan fingerprint density at radius 1 is 1.47 bits per heavy atom. The second kappa shape index (κ2) is 4.79. The van der Waals surface area contributed by atoms with Gasteiger partial charge in [0.15, 0.2) is 0 Å². The smallest absolute Gasteiger partial charge is 0.142 e. The predicted molar refractivity (Wildman–Crippen MR) is 61.5 cm³/mol. The van der Waals surface area contributed by atoms with Gasteiger partial charge in [0.2, 0.25) is 0 Å². The van der Waals surface area contributed by atoms with E-state index in [1.807, 2.05) is 12.1 Å². The third kappa shape index (κ3) is 4.46. The van der Waals surface area contributed by atoms with Crippen LogP contribution in [0.2, 0.25) is 0 Å². The van der Waals surface area contributed by atoms with Crippen molar-refractivity contribution in [2.24, 2.45) is 5.41 Å².